The van der Waals surface area contributed by atoms with E-state index in [0.29, 0.717) is 30.4 Å². The van der Waals surface area contributed by atoms with E-state index < -0.39 is 18.0 Å². The van der Waals surface area contributed by atoms with Gasteiger partial charge in [0.2, 0.25) is 0 Å². The maximum absolute atomic E-state index is 12.3. The number of rotatable bonds is 6. The van der Waals surface area contributed by atoms with Gasteiger partial charge >= 0.3 is 5.97 Å². The van der Waals surface area contributed by atoms with Gasteiger partial charge in [-0.2, -0.15) is 0 Å². The van der Waals surface area contributed by atoms with Crippen molar-refractivity contribution < 1.29 is 23.8 Å². The van der Waals surface area contributed by atoms with Gasteiger partial charge in [-0.3, -0.25) is 9.59 Å². The molecule has 0 aromatic heterocycles. The van der Waals surface area contributed by atoms with E-state index in [9.17, 15) is 9.59 Å². The monoisotopic (exact) mass is 401 g/mol. The minimum absolute atomic E-state index is 0.144. The summed E-state index contributed by atoms with van der Waals surface area (Å²) in [5.74, 6) is 0.535. The molecule has 2 aromatic carbocycles. The van der Waals surface area contributed by atoms with E-state index in [2.05, 4.69) is 11.4 Å². The van der Waals surface area contributed by atoms with Crippen molar-refractivity contribution in [2.75, 3.05) is 24.3 Å². The Bertz CT molecular complexity index is 883. The normalized spacial score (nSPS) is 13.5. The van der Waals surface area contributed by atoms with Gasteiger partial charge in [0.1, 0.15) is 13.2 Å². The number of carbonyl (C=O) groups excluding carboxylic acids is 2. The third-order valence-electron chi connectivity index (χ3n) is 4.16. The van der Waals surface area contributed by atoms with Crippen molar-refractivity contribution in [2.45, 2.75) is 31.8 Å². The second-order valence-corrected chi connectivity index (χ2v) is 7.55. The summed E-state index contributed by atoms with van der Waals surface area (Å²) in [4.78, 5) is 25.4. The highest BCUT2D eigenvalue weighted by Gasteiger charge is 2.19. The summed E-state index contributed by atoms with van der Waals surface area (Å²) in [6.07, 6.45) is -0.902. The topological polar surface area (TPSA) is 73.9 Å². The second kappa shape index (κ2) is 9.01. The van der Waals surface area contributed by atoms with Crippen LogP contribution in [0.4, 0.5) is 5.69 Å². The zero-order valence-electron chi connectivity index (χ0n) is 16.1. The van der Waals surface area contributed by atoms with E-state index in [4.69, 9.17) is 14.2 Å². The maximum Gasteiger partial charge on any atom is 0.317 e. The van der Waals surface area contributed by atoms with Crippen LogP contribution in [0.15, 0.2) is 41.3 Å². The number of anilines is 1. The zero-order valence-corrected chi connectivity index (χ0v) is 16.9. The van der Waals surface area contributed by atoms with Crippen molar-refractivity contribution >= 4 is 29.3 Å². The number of hydrogen-bond donors (Lipinski definition) is 1. The van der Waals surface area contributed by atoms with Crippen molar-refractivity contribution in [1.29, 1.82) is 0 Å². The maximum atomic E-state index is 12.3. The van der Waals surface area contributed by atoms with Crippen molar-refractivity contribution in [1.82, 2.24) is 0 Å². The smallest absolute Gasteiger partial charge is 0.317 e. The lowest BCUT2D eigenvalue weighted by Crippen LogP contribution is -2.30. The van der Waals surface area contributed by atoms with Crippen molar-refractivity contribution in [3.8, 4) is 11.5 Å². The fraction of sp³-hybridized carbons (Fsp3) is 0.333. The summed E-state index contributed by atoms with van der Waals surface area (Å²) in [5.41, 5.74) is 2.85. The first-order chi connectivity index (χ1) is 13.4. The molecule has 1 aliphatic heterocycles. The van der Waals surface area contributed by atoms with E-state index in [-0.39, 0.29) is 5.75 Å². The number of hydrogen-bond acceptors (Lipinski definition) is 6. The number of benzene rings is 2. The molecule has 0 saturated carbocycles. The van der Waals surface area contributed by atoms with E-state index >= 15 is 0 Å². The predicted molar refractivity (Wildman–Crippen MR) is 108 cm³/mol. The summed E-state index contributed by atoms with van der Waals surface area (Å²) in [7, 11) is 0. The van der Waals surface area contributed by atoms with Crippen LogP contribution in [0.3, 0.4) is 0 Å². The highest BCUT2D eigenvalue weighted by Crippen LogP contribution is 2.32. The number of amides is 1. The third-order valence-corrected chi connectivity index (χ3v) is 5.31. The van der Waals surface area contributed by atoms with Crippen LogP contribution in [0.1, 0.15) is 18.1 Å². The summed E-state index contributed by atoms with van der Waals surface area (Å²) in [6.45, 7) is 6.55. The van der Waals surface area contributed by atoms with E-state index in [1.54, 1.807) is 25.1 Å². The lowest BCUT2D eigenvalue weighted by atomic mass is 10.2. The highest BCUT2D eigenvalue weighted by atomic mass is 32.2. The average molecular weight is 401 g/mol. The predicted octanol–water partition coefficient (Wildman–Crippen LogP) is 3.74. The molecule has 1 amide bonds. The fourth-order valence-corrected chi connectivity index (χ4v) is 3.54. The zero-order chi connectivity index (χ0) is 20.1. The molecule has 0 spiro atoms. The number of carbonyl (C=O) groups is 2. The van der Waals surface area contributed by atoms with Gasteiger partial charge in [0, 0.05) is 16.6 Å². The molecule has 6 nitrogen and oxygen atoms in total. The number of esters is 1. The molecule has 0 aliphatic carbocycles. The van der Waals surface area contributed by atoms with Crippen LogP contribution in [0.2, 0.25) is 0 Å². The average Bonchev–Trinajstić information content (AvgIpc) is 2.67. The van der Waals surface area contributed by atoms with Gasteiger partial charge in [-0.1, -0.05) is 17.7 Å². The van der Waals surface area contributed by atoms with Crippen LogP contribution < -0.4 is 14.8 Å². The van der Waals surface area contributed by atoms with Gasteiger partial charge < -0.3 is 19.5 Å². The molecule has 1 heterocycles. The van der Waals surface area contributed by atoms with Crippen LogP contribution in [-0.2, 0) is 14.3 Å². The van der Waals surface area contributed by atoms with E-state index in [0.717, 1.165) is 10.5 Å². The Morgan fingerprint density at radius 1 is 1.11 bits per heavy atom. The Balaban J connectivity index is 1.50. The molecule has 0 radical (unpaired) electrons. The Morgan fingerprint density at radius 2 is 1.86 bits per heavy atom. The molecule has 1 N–H and O–H groups in total. The minimum Gasteiger partial charge on any atom is -0.486 e. The molecule has 1 atom stereocenters. The first-order valence-corrected chi connectivity index (χ1v) is 10.0. The number of nitrogens with one attached hydrogen (secondary N) is 1. The summed E-state index contributed by atoms with van der Waals surface area (Å²) in [6, 6.07) is 11.2. The van der Waals surface area contributed by atoms with Crippen molar-refractivity contribution in [3.05, 3.63) is 47.5 Å². The first-order valence-electron chi connectivity index (χ1n) is 9.02. The van der Waals surface area contributed by atoms with Gasteiger partial charge in [0.05, 0.1) is 5.75 Å². The molecule has 3 rings (SSSR count). The van der Waals surface area contributed by atoms with Gasteiger partial charge in [0.15, 0.2) is 17.6 Å². The van der Waals surface area contributed by atoms with Crippen molar-refractivity contribution in [2.24, 2.45) is 0 Å². The minimum atomic E-state index is -0.902. The summed E-state index contributed by atoms with van der Waals surface area (Å²) in [5, 5.41) is 2.73. The Kier molecular flexibility index (Phi) is 6.46. The molecule has 0 saturated heterocycles. The molecular weight excluding hydrogens is 378 g/mol. The number of fused-ring (bicyclic) bond motifs is 1. The van der Waals surface area contributed by atoms with Crippen molar-refractivity contribution in [3.63, 3.8) is 0 Å². The lowest BCUT2D eigenvalue weighted by molar-refractivity contribution is -0.150. The quantitative estimate of drug-likeness (QED) is 0.587. The molecule has 1 aliphatic rings. The number of aryl methyl sites for hydroxylation is 2. The van der Waals surface area contributed by atoms with Gasteiger partial charge in [-0.05, 0) is 44.5 Å². The van der Waals surface area contributed by atoms with Gasteiger partial charge in [-0.25, -0.2) is 0 Å². The Morgan fingerprint density at radius 3 is 2.61 bits per heavy atom. The molecule has 0 bridgehead atoms. The largest absolute Gasteiger partial charge is 0.486 e. The van der Waals surface area contributed by atoms with E-state index in [1.807, 2.05) is 26.0 Å². The van der Waals surface area contributed by atoms with Crippen LogP contribution >= 0.6 is 11.8 Å². The number of ether oxygens (including phenoxy) is 3. The molecule has 7 heteroatoms. The van der Waals surface area contributed by atoms with Crippen LogP contribution in [0.5, 0.6) is 11.5 Å². The molecule has 28 heavy (non-hydrogen) atoms. The van der Waals surface area contributed by atoms with Crippen LogP contribution in [0, 0.1) is 13.8 Å². The molecule has 0 unspecified atom stereocenters. The first kappa shape index (κ1) is 20.1. The van der Waals surface area contributed by atoms with Crippen LogP contribution in [-0.4, -0.2) is 36.9 Å². The fourth-order valence-electron chi connectivity index (χ4n) is 2.75. The van der Waals surface area contributed by atoms with E-state index in [1.165, 1.54) is 17.3 Å². The second-order valence-electron chi connectivity index (χ2n) is 6.54. The highest BCUT2D eigenvalue weighted by molar-refractivity contribution is 8.00. The van der Waals surface area contributed by atoms with Gasteiger partial charge in [-0.15, -0.1) is 11.8 Å². The summed E-state index contributed by atoms with van der Waals surface area (Å²) >= 11 is 1.40. The molecule has 0 fully saturated rings. The Labute approximate surface area is 168 Å². The third kappa shape index (κ3) is 5.19. The standard InChI is InChI=1S/C21H23NO5S/c1-13-4-7-19(14(2)10-13)28-12-20(23)27-15(3)21(24)22-16-5-6-17-18(11-16)26-9-8-25-17/h4-7,10-11,15H,8-9,12H2,1-3H3,(H,22,24)/t15-/m0/s1. The molecule has 148 valence electrons. The molecular formula is C21H23NO5S. The van der Waals surface area contributed by atoms with Crippen LogP contribution in [0.25, 0.3) is 0 Å². The van der Waals surface area contributed by atoms with Gasteiger partial charge in [0.25, 0.3) is 5.91 Å². The SMILES string of the molecule is Cc1ccc(SCC(=O)O[C@@H](C)C(=O)Nc2ccc3c(c2)OCCO3)c(C)c1. The summed E-state index contributed by atoms with van der Waals surface area (Å²) < 4.78 is 16.2. The number of thioether (sulfide) groups is 1. The lowest BCUT2D eigenvalue weighted by Gasteiger charge is -2.19. The molecule has 2 aromatic rings. The Hall–Kier alpha value is -2.67.